The second-order valence-corrected chi connectivity index (χ2v) is 3.45. The molecule has 2 rings (SSSR count). The van der Waals surface area contributed by atoms with E-state index in [0.29, 0.717) is 25.3 Å². The molecule has 1 aromatic rings. The lowest BCUT2D eigenvalue weighted by Crippen LogP contribution is -2.34. The van der Waals surface area contributed by atoms with Crippen molar-refractivity contribution < 1.29 is 20.1 Å². The van der Waals surface area contributed by atoms with E-state index in [1.165, 1.54) is 6.07 Å². The molecule has 0 spiro atoms. The second kappa shape index (κ2) is 3.96. The van der Waals surface area contributed by atoms with Crippen LogP contribution in [0.3, 0.4) is 0 Å². The first-order valence-corrected chi connectivity index (χ1v) is 4.75. The lowest BCUT2D eigenvalue weighted by molar-refractivity contribution is 0.0759. The van der Waals surface area contributed by atoms with E-state index in [2.05, 4.69) is 5.32 Å². The molecule has 0 unspecified atom stereocenters. The smallest absolute Gasteiger partial charge is 0.200 e. The summed E-state index contributed by atoms with van der Waals surface area (Å²) in [6.07, 6.45) is 0. The van der Waals surface area contributed by atoms with Gasteiger partial charge in [0.15, 0.2) is 11.5 Å². The highest BCUT2D eigenvalue weighted by Gasteiger charge is 2.21. The molecule has 1 atom stereocenters. The van der Waals surface area contributed by atoms with Gasteiger partial charge in [0.05, 0.1) is 19.3 Å². The van der Waals surface area contributed by atoms with Gasteiger partial charge < -0.3 is 25.4 Å². The topological polar surface area (TPSA) is 82.0 Å². The van der Waals surface area contributed by atoms with Crippen molar-refractivity contribution in [2.75, 3.05) is 19.8 Å². The summed E-state index contributed by atoms with van der Waals surface area (Å²) in [6.45, 7) is 1.78. The normalized spacial score (nSPS) is 21.5. The van der Waals surface area contributed by atoms with Crippen molar-refractivity contribution in [2.24, 2.45) is 0 Å². The minimum absolute atomic E-state index is 0.148. The first-order chi connectivity index (χ1) is 7.20. The number of hydrogen-bond donors (Lipinski definition) is 4. The Morgan fingerprint density at radius 1 is 1.20 bits per heavy atom. The fourth-order valence-electron chi connectivity index (χ4n) is 1.63. The molecular formula is C10H13NO4. The van der Waals surface area contributed by atoms with E-state index in [-0.39, 0.29) is 17.5 Å². The van der Waals surface area contributed by atoms with Gasteiger partial charge in [0.1, 0.15) is 0 Å². The van der Waals surface area contributed by atoms with Crippen LogP contribution in [0, 0.1) is 0 Å². The minimum Gasteiger partial charge on any atom is -0.504 e. The fraction of sp³-hybridized carbons (Fsp3) is 0.400. The van der Waals surface area contributed by atoms with Crippen LogP contribution in [0.15, 0.2) is 12.1 Å². The Kier molecular flexibility index (Phi) is 2.66. The number of benzene rings is 1. The van der Waals surface area contributed by atoms with Gasteiger partial charge in [-0.3, -0.25) is 0 Å². The van der Waals surface area contributed by atoms with Crippen molar-refractivity contribution in [3.8, 4) is 17.2 Å². The molecule has 1 aliphatic heterocycles. The summed E-state index contributed by atoms with van der Waals surface area (Å²) in [6, 6.07) is 2.77. The third-order valence-corrected chi connectivity index (χ3v) is 2.46. The van der Waals surface area contributed by atoms with Gasteiger partial charge in [0.25, 0.3) is 0 Å². The van der Waals surface area contributed by atoms with E-state index in [4.69, 9.17) is 9.84 Å². The molecule has 0 amide bonds. The van der Waals surface area contributed by atoms with Crippen LogP contribution < -0.4 is 5.32 Å². The fourth-order valence-corrected chi connectivity index (χ4v) is 1.63. The van der Waals surface area contributed by atoms with Crippen LogP contribution >= 0.6 is 0 Å². The number of nitrogens with one attached hydrogen (secondary N) is 1. The predicted octanol–water partition coefficient (Wildman–Crippen LogP) is 0.464. The number of ether oxygens (including phenoxy) is 1. The second-order valence-electron chi connectivity index (χ2n) is 3.45. The lowest BCUT2D eigenvalue weighted by Gasteiger charge is -2.24. The van der Waals surface area contributed by atoms with Gasteiger partial charge in [-0.15, -0.1) is 0 Å². The molecule has 1 fully saturated rings. The standard InChI is InChI=1S/C10H13NO4/c12-8-2-1-6(9(13)10(8)14)7-5-15-4-3-11-7/h1-2,7,11-14H,3-5H2/t7-/m0/s1. The predicted molar refractivity (Wildman–Crippen MR) is 53.0 cm³/mol. The highest BCUT2D eigenvalue weighted by molar-refractivity contribution is 5.54. The Labute approximate surface area is 86.9 Å². The molecule has 1 saturated heterocycles. The molecule has 5 nitrogen and oxygen atoms in total. The van der Waals surface area contributed by atoms with Crippen LogP contribution in [0.4, 0.5) is 0 Å². The number of morpholine rings is 1. The molecular weight excluding hydrogens is 198 g/mol. The zero-order chi connectivity index (χ0) is 10.8. The van der Waals surface area contributed by atoms with Crippen molar-refractivity contribution in [3.05, 3.63) is 17.7 Å². The largest absolute Gasteiger partial charge is 0.504 e. The van der Waals surface area contributed by atoms with E-state index in [9.17, 15) is 10.2 Å². The first-order valence-electron chi connectivity index (χ1n) is 4.75. The molecule has 0 saturated carbocycles. The van der Waals surface area contributed by atoms with E-state index in [1.807, 2.05) is 0 Å². The average Bonchev–Trinajstić information content (AvgIpc) is 2.27. The maximum absolute atomic E-state index is 9.63. The van der Waals surface area contributed by atoms with Crippen LogP contribution in [-0.4, -0.2) is 35.1 Å². The number of hydrogen-bond acceptors (Lipinski definition) is 5. The zero-order valence-electron chi connectivity index (χ0n) is 8.10. The van der Waals surface area contributed by atoms with Gasteiger partial charge in [-0.25, -0.2) is 0 Å². The van der Waals surface area contributed by atoms with Crippen LogP contribution in [0.1, 0.15) is 11.6 Å². The maximum atomic E-state index is 9.63. The van der Waals surface area contributed by atoms with Crippen molar-refractivity contribution in [1.29, 1.82) is 0 Å². The summed E-state index contributed by atoms with van der Waals surface area (Å²) in [5.74, 6) is -1.11. The Hall–Kier alpha value is -1.46. The number of phenols is 3. The Balaban J connectivity index is 2.31. The molecule has 5 heteroatoms. The zero-order valence-corrected chi connectivity index (χ0v) is 8.10. The van der Waals surface area contributed by atoms with Gasteiger partial charge in [-0.2, -0.15) is 0 Å². The maximum Gasteiger partial charge on any atom is 0.200 e. The highest BCUT2D eigenvalue weighted by atomic mass is 16.5. The molecule has 0 aromatic heterocycles. The molecule has 0 radical (unpaired) electrons. The highest BCUT2D eigenvalue weighted by Crippen LogP contribution is 2.39. The van der Waals surface area contributed by atoms with Crippen LogP contribution in [0.5, 0.6) is 17.2 Å². The molecule has 1 aliphatic rings. The summed E-state index contributed by atoms with van der Waals surface area (Å²) in [5.41, 5.74) is 0.532. The van der Waals surface area contributed by atoms with Gasteiger partial charge in [-0.05, 0) is 12.1 Å². The monoisotopic (exact) mass is 211 g/mol. The summed E-state index contributed by atoms with van der Waals surface area (Å²) in [7, 11) is 0. The minimum atomic E-state index is -0.486. The quantitative estimate of drug-likeness (QED) is 0.507. The van der Waals surface area contributed by atoms with E-state index in [1.54, 1.807) is 6.07 Å². The third kappa shape index (κ3) is 1.84. The van der Waals surface area contributed by atoms with Gasteiger partial charge >= 0.3 is 0 Å². The lowest BCUT2D eigenvalue weighted by atomic mass is 10.0. The van der Waals surface area contributed by atoms with E-state index >= 15 is 0 Å². The molecule has 1 heterocycles. The summed E-state index contributed by atoms with van der Waals surface area (Å²) < 4.78 is 5.24. The molecule has 1 aromatic carbocycles. The van der Waals surface area contributed by atoms with Crippen molar-refractivity contribution >= 4 is 0 Å². The van der Waals surface area contributed by atoms with E-state index < -0.39 is 5.75 Å². The molecule has 4 N–H and O–H groups in total. The number of phenolic OH excluding ortho intramolecular Hbond substituents is 3. The van der Waals surface area contributed by atoms with Crippen molar-refractivity contribution in [3.63, 3.8) is 0 Å². The van der Waals surface area contributed by atoms with Crippen molar-refractivity contribution in [2.45, 2.75) is 6.04 Å². The van der Waals surface area contributed by atoms with Crippen LogP contribution in [0.25, 0.3) is 0 Å². The Morgan fingerprint density at radius 2 is 2.00 bits per heavy atom. The first kappa shape index (κ1) is 10.1. The van der Waals surface area contributed by atoms with Crippen molar-refractivity contribution in [1.82, 2.24) is 5.32 Å². The summed E-state index contributed by atoms with van der Waals surface area (Å²) >= 11 is 0. The summed E-state index contributed by atoms with van der Waals surface area (Å²) in [4.78, 5) is 0. The molecule has 0 bridgehead atoms. The van der Waals surface area contributed by atoms with E-state index in [0.717, 1.165) is 0 Å². The number of rotatable bonds is 1. The summed E-state index contributed by atoms with van der Waals surface area (Å²) in [5, 5.41) is 31.3. The molecule has 82 valence electrons. The molecule has 15 heavy (non-hydrogen) atoms. The SMILES string of the molecule is Oc1ccc([C@@H]2COCCN2)c(O)c1O. The van der Waals surface area contributed by atoms with Gasteiger partial charge in [-0.1, -0.05) is 0 Å². The average molecular weight is 211 g/mol. The molecule has 0 aliphatic carbocycles. The number of aromatic hydroxyl groups is 3. The Bertz CT molecular complexity index is 361. The van der Waals surface area contributed by atoms with Crippen LogP contribution in [0.2, 0.25) is 0 Å². The van der Waals surface area contributed by atoms with Gasteiger partial charge in [0, 0.05) is 12.1 Å². The third-order valence-electron chi connectivity index (χ3n) is 2.46. The van der Waals surface area contributed by atoms with Gasteiger partial charge in [0.2, 0.25) is 5.75 Å². The Morgan fingerprint density at radius 3 is 2.67 bits per heavy atom. The van der Waals surface area contributed by atoms with Crippen LogP contribution in [-0.2, 0) is 4.74 Å².